The Morgan fingerprint density at radius 1 is 1.25 bits per heavy atom. The summed E-state index contributed by atoms with van der Waals surface area (Å²) >= 11 is 6.61. The van der Waals surface area contributed by atoms with Crippen LogP contribution >= 0.6 is 24.0 Å². The Bertz CT molecular complexity index is 875. The summed E-state index contributed by atoms with van der Waals surface area (Å²) in [4.78, 5) is 31.0. The van der Waals surface area contributed by atoms with E-state index in [1.165, 1.54) is 36.0 Å². The second kappa shape index (κ2) is 6.66. The molecule has 1 N–H and O–H groups in total. The molecular weight excluding hydrogens is 390 g/mol. The van der Waals surface area contributed by atoms with Gasteiger partial charge in [0.1, 0.15) is 0 Å². The Morgan fingerprint density at radius 3 is 2.50 bits per heavy atom. The molecule has 5 aliphatic rings. The van der Waals surface area contributed by atoms with Crippen LogP contribution in [0, 0.1) is 30.1 Å². The molecule has 0 spiro atoms. The fourth-order valence-electron chi connectivity index (χ4n) is 5.95. The third kappa shape index (κ3) is 3.08. The minimum Gasteiger partial charge on any atom is -0.273 e. The smallest absolute Gasteiger partial charge is 0.273 e. The predicted octanol–water partition coefficient (Wildman–Crippen LogP) is 3.84. The van der Waals surface area contributed by atoms with E-state index in [1.54, 1.807) is 6.08 Å². The maximum atomic E-state index is 13.2. The van der Waals surface area contributed by atoms with Gasteiger partial charge < -0.3 is 0 Å². The number of pyridine rings is 1. The first-order valence-electron chi connectivity index (χ1n) is 9.94. The topological polar surface area (TPSA) is 62.3 Å². The summed E-state index contributed by atoms with van der Waals surface area (Å²) in [5.74, 6) is 1.75. The number of aromatic nitrogens is 1. The third-order valence-corrected chi connectivity index (χ3v) is 8.02. The highest BCUT2D eigenvalue weighted by Gasteiger charge is 2.55. The second-order valence-corrected chi connectivity index (χ2v) is 10.5. The highest BCUT2D eigenvalue weighted by molar-refractivity contribution is 8.26. The van der Waals surface area contributed by atoms with Crippen molar-refractivity contribution in [2.24, 2.45) is 23.2 Å². The molecule has 0 aromatic carbocycles. The van der Waals surface area contributed by atoms with Gasteiger partial charge in [0.25, 0.3) is 5.91 Å². The largest absolute Gasteiger partial charge is 0.285 e. The number of amides is 2. The van der Waals surface area contributed by atoms with E-state index in [0.29, 0.717) is 32.7 Å². The van der Waals surface area contributed by atoms with Crippen molar-refractivity contribution in [2.75, 3.05) is 0 Å². The minimum atomic E-state index is -0.306. The van der Waals surface area contributed by atoms with Crippen molar-refractivity contribution in [3.63, 3.8) is 0 Å². The van der Waals surface area contributed by atoms with Crippen molar-refractivity contribution >= 4 is 46.2 Å². The summed E-state index contributed by atoms with van der Waals surface area (Å²) in [6, 6.07) is 5.67. The molecule has 0 unspecified atom stereocenters. The summed E-state index contributed by atoms with van der Waals surface area (Å²) < 4.78 is 0.377. The summed E-state index contributed by atoms with van der Waals surface area (Å²) in [6.45, 7) is 1.91. The Morgan fingerprint density at radius 2 is 1.89 bits per heavy atom. The summed E-state index contributed by atoms with van der Waals surface area (Å²) in [6.07, 6.45) is 8.46. The highest BCUT2D eigenvalue weighted by Crippen LogP contribution is 2.60. The average Bonchev–Trinajstić information content (AvgIpc) is 2.88. The third-order valence-electron chi connectivity index (χ3n) is 6.72. The van der Waals surface area contributed by atoms with Crippen LogP contribution in [-0.2, 0) is 9.59 Å². The first-order valence-corrected chi connectivity index (χ1v) is 11.2. The highest BCUT2D eigenvalue weighted by atomic mass is 32.2. The van der Waals surface area contributed by atoms with E-state index in [2.05, 4.69) is 10.4 Å². The number of aryl methyl sites for hydroxylation is 1. The molecule has 1 aliphatic heterocycles. The van der Waals surface area contributed by atoms with E-state index in [0.717, 1.165) is 25.0 Å². The quantitative estimate of drug-likeness (QED) is 0.603. The summed E-state index contributed by atoms with van der Waals surface area (Å²) in [5.41, 5.74) is 4.18. The molecule has 4 bridgehead atoms. The van der Waals surface area contributed by atoms with Crippen LogP contribution in [0.2, 0.25) is 0 Å². The van der Waals surface area contributed by atoms with E-state index in [4.69, 9.17) is 12.2 Å². The van der Waals surface area contributed by atoms with Crippen LogP contribution < -0.4 is 5.43 Å². The van der Waals surface area contributed by atoms with Crippen LogP contribution in [0.25, 0.3) is 6.08 Å². The SMILES string of the molecule is Cc1cccc(/C=C2/SC(=S)N(NC(=O)C34CC5CC(CC(C5)C3)C4)C2=O)n1. The monoisotopic (exact) mass is 413 g/mol. The number of nitrogens with one attached hydrogen (secondary N) is 1. The van der Waals surface area contributed by atoms with E-state index in [1.807, 2.05) is 25.1 Å². The Labute approximate surface area is 174 Å². The average molecular weight is 414 g/mol. The van der Waals surface area contributed by atoms with Gasteiger partial charge in [-0.25, -0.2) is 0 Å². The van der Waals surface area contributed by atoms with Gasteiger partial charge in [-0.05, 0) is 93.6 Å². The van der Waals surface area contributed by atoms with Gasteiger partial charge in [0.05, 0.1) is 16.0 Å². The lowest BCUT2D eigenvalue weighted by molar-refractivity contribution is -0.152. The first-order chi connectivity index (χ1) is 13.4. The van der Waals surface area contributed by atoms with Gasteiger partial charge in [-0.1, -0.05) is 17.8 Å². The Kier molecular flexibility index (Phi) is 4.36. The molecule has 5 nitrogen and oxygen atoms in total. The van der Waals surface area contributed by atoms with Crippen LogP contribution in [0.5, 0.6) is 0 Å². The number of thioether (sulfide) groups is 1. The van der Waals surface area contributed by atoms with Gasteiger partial charge >= 0.3 is 0 Å². The number of rotatable bonds is 3. The zero-order valence-electron chi connectivity index (χ0n) is 15.8. The van der Waals surface area contributed by atoms with E-state index < -0.39 is 0 Å². The van der Waals surface area contributed by atoms with Gasteiger partial charge in [0.15, 0.2) is 4.32 Å². The number of thiocarbonyl (C=S) groups is 1. The normalized spacial score (nSPS) is 35.1. The molecule has 146 valence electrons. The summed E-state index contributed by atoms with van der Waals surface area (Å²) in [7, 11) is 0. The van der Waals surface area contributed by atoms with Crippen LogP contribution in [0.3, 0.4) is 0 Å². The minimum absolute atomic E-state index is 0.0159. The van der Waals surface area contributed by atoms with Crippen molar-refractivity contribution in [3.8, 4) is 0 Å². The number of carbonyl (C=O) groups excluding carboxylic acids is 2. The standard InChI is InChI=1S/C21H23N3O2S2/c1-12-3-2-4-16(22-12)8-17-18(25)24(20(27)28-17)23-19(26)21-9-13-5-14(10-21)7-15(6-13)11-21/h2-4,8,13-15H,5-7,9-11H2,1H3,(H,23,26)/b17-8+. The Balaban J connectivity index is 1.34. The maximum Gasteiger partial charge on any atom is 0.285 e. The molecule has 1 aromatic heterocycles. The van der Waals surface area contributed by atoms with Crippen molar-refractivity contribution in [2.45, 2.75) is 45.4 Å². The van der Waals surface area contributed by atoms with E-state index in [-0.39, 0.29) is 17.2 Å². The molecule has 6 rings (SSSR count). The molecule has 4 aliphatic carbocycles. The summed E-state index contributed by atoms with van der Waals surface area (Å²) in [5, 5.41) is 1.27. The molecule has 2 heterocycles. The van der Waals surface area contributed by atoms with Gasteiger partial charge in [-0.3, -0.25) is 20.0 Å². The van der Waals surface area contributed by atoms with Crippen LogP contribution in [0.4, 0.5) is 0 Å². The number of carbonyl (C=O) groups is 2. The fraction of sp³-hybridized carbons (Fsp3) is 0.524. The lowest BCUT2D eigenvalue weighted by Gasteiger charge is -2.55. The molecule has 28 heavy (non-hydrogen) atoms. The number of nitrogens with zero attached hydrogens (tertiary/aromatic N) is 2. The molecule has 5 fully saturated rings. The number of hydrazine groups is 1. The molecular formula is C21H23N3O2S2. The van der Waals surface area contributed by atoms with Crippen LogP contribution in [-0.4, -0.2) is 26.1 Å². The molecule has 0 atom stereocenters. The maximum absolute atomic E-state index is 13.2. The Hall–Kier alpha value is -1.73. The van der Waals surface area contributed by atoms with E-state index in [9.17, 15) is 9.59 Å². The van der Waals surface area contributed by atoms with E-state index >= 15 is 0 Å². The number of hydrogen-bond acceptors (Lipinski definition) is 5. The van der Waals surface area contributed by atoms with Gasteiger partial charge in [-0.15, -0.1) is 0 Å². The number of hydrogen-bond donors (Lipinski definition) is 1. The predicted molar refractivity (Wildman–Crippen MR) is 113 cm³/mol. The lowest BCUT2D eigenvalue weighted by Crippen LogP contribution is -2.57. The van der Waals surface area contributed by atoms with Crippen molar-refractivity contribution in [3.05, 3.63) is 34.5 Å². The van der Waals surface area contributed by atoms with Crippen LogP contribution in [0.1, 0.15) is 49.9 Å². The molecule has 0 radical (unpaired) electrons. The molecule has 4 saturated carbocycles. The second-order valence-electron chi connectivity index (χ2n) is 8.86. The zero-order valence-corrected chi connectivity index (χ0v) is 17.4. The molecule has 1 saturated heterocycles. The molecule has 1 aromatic rings. The fourth-order valence-corrected chi connectivity index (χ4v) is 7.12. The zero-order chi connectivity index (χ0) is 19.5. The van der Waals surface area contributed by atoms with Crippen LogP contribution in [0.15, 0.2) is 23.1 Å². The van der Waals surface area contributed by atoms with Gasteiger partial charge in [-0.2, -0.15) is 5.01 Å². The lowest BCUT2D eigenvalue weighted by atomic mass is 9.49. The van der Waals surface area contributed by atoms with Crippen molar-refractivity contribution in [1.29, 1.82) is 0 Å². The first kappa shape index (κ1) is 18.3. The molecule has 2 amide bonds. The van der Waals surface area contributed by atoms with Gasteiger partial charge in [0, 0.05) is 5.69 Å². The molecule has 7 heteroatoms. The van der Waals surface area contributed by atoms with Crippen molar-refractivity contribution in [1.82, 2.24) is 15.4 Å². The van der Waals surface area contributed by atoms with Crippen molar-refractivity contribution < 1.29 is 9.59 Å². The van der Waals surface area contributed by atoms with Gasteiger partial charge in [0.2, 0.25) is 5.91 Å².